The molecule has 0 aromatic carbocycles. The third kappa shape index (κ3) is 3.33. The molecule has 0 bridgehead atoms. The van der Waals surface area contributed by atoms with E-state index in [-0.39, 0.29) is 13.0 Å². The van der Waals surface area contributed by atoms with Crippen LogP contribution in [0.3, 0.4) is 0 Å². The molecule has 0 spiro atoms. The zero-order chi connectivity index (χ0) is 13.7. The Morgan fingerprint density at radius 2 is 2.17 bits per heavy atom. The number of rotatable bonds is 5. The van der Waals surface area contributed by atoms with Crippen LogP contribution in [0.25, 0.3) is 0 Å². The fraction of sp³-hybridized carbons (Fsp3) is 0.500. The molecule has 1 atom stereocenters. The molecule has 1 rings (SSSR count). The first kappa shape index (κ1) is 14.2. The number of hydrogen-bond donors (Lipinski definition) is 1. The molecule has 0 aliphatic rings. The van der Waals surface area contributed by atoms with Gasteiger partial charge in [-0.3, -0.25) is 4.79 Å². The lowest BCUT2D eigenvalue weighted by Gasteiger charge is -2.08. The molecule has 6 heteroatoms. The first-order valence-electron chi connectivity index (χ1n) is 5.59. The molecule has 0 fully saturated rings. The molecule has 6 nitrogen and oxygen atoms in total. The van der Waals surface area contributed by atoms with Crippen molar-refractivity contribution in [2.75, 3.05) is 13.7 Å². The molecule has 0 aliphatic carbocycles. The Morgan fingerprint density at radius 1 is 1.50 bits per heavy atom. The minimum absolute atomic E-state index is 0.177. The van der Waals surface area contributed by atoms with Gasteiger partial charge in [-0.15, -0.1) is 0 Å². The van der Waals surface area contributed by atoms with E-state index in [1.54, 1.807) is 13.8 Å². The SMILES string of the molecule is CCOC(=O)C(N)Cc1cc(C(=O)OC)c(C)o1. The summed E-state index contributed by atoms with van der Waals surface area (Å²) >= 11 is 0. The number of carbonyl (C=O) groups is 2. The first-order chi connectivity index (χ1) is 8.49. The van der Waals surface area contributed by atoms with E-state index < -0.39 is 18.0 Å². The lowest BCUT2D eigenvalue weighted by atomic mass is 10.1. The summed E-state index contributed by atoms with van der Waals surface area (Å²) < 4.78 is 14.7. The van der Waals surface area contributed by atoms with Crippen molar-refractivity contribution in [3.05, 3.63) is 23.2 Å². The number of ether oxygens (including phenoxy) is 2. The van der Waals surface area contributed by atoms with E-state index in [4.69, 9.17) is 14.9 Å². The zero-order valence-electron chi connectivity index (χ0n) is 10.7. The van der Waals surface area contributed by atoms with Crippen LogP contribution < -0.4 is 5.73 Å². The van der Waals surface area contributed by atoms with Gasteiger partial charge in [-0.05, 0) is 19.9 Å². The van der Waals surface area contributed by atoms with Crippen molar-refractivity contribution >= 4 is 11.9 Å². The van der Waals surface area contributed by atoms with E-state index in [9.17, 15) is 9.59 Å². The van der Waals surface area contributed by atoms with Crippen molar-refractivity contribution in [1.29, 1.82) is 0 Å². The molecular weight excluding hydrogens is 238 g/mol. The molecule has 1 heterocycles. The number of carbonyl (C=O) groups excluding carboxylic acids is 2. The topological polar surface area (TPSA) is 91.8 Å². The molecule has 0 aliphatic heterocycles. The van der Waals surface area contributed by atoms with E-state index in [1.807, 2.05) is 0 Å². The van der Waals surface area contributed by atoms with Gasteiger partial charge in [-0.25, -0.2) is 4.79 Å². The van der Waals surface area contributed by atoms with E-state index in [0.717, 1.165) is 0 Å². The van der Waals surface area contributed by atoms with Gasteiger partial charge in [-0.1, -0.05) is 0 Å². The summed E-state index contributed by atoms with van der Waals surface area (Å²) in [6.45, 7) is 3.62. The number of esters is 2. The Hall–Kier alpha value is -1.82. The molecule has 0 saturated heterocycles. The molecule has 0 saturated carbocycles. The zero-order valence-corrected chi connectivity index (χ0v) is 10.7. The minimum Gasteiger partial charge on any atom is -0.465 e. The molecular formula is C12H17NO5. The maximum absolute atomic E-state index is 11.4. The largest absolute Gasteiger partial charge is 0.465 e. The lowest BCUT2D eigenvalue weighted by molar-refractivity contribution is -0.144. The first-order valence-corrected chi connectivity index (χ1v) is 5.59. The quantitative estimate of drug-likeness (QED) is 0.783. The predicted molar refractivity (Wildman–Crippen MR) is 63.1 cm³/mol. The number of nitrogens with two attached hydrogens (primary N) is 1. The predicted octanol–water partition coefficient (Wildman–Crippen LogP) is 0.808. The third-order valence-electron chi connectivity index (χ3n) is 2.38. The van der Waals surface area contributed by atoms with Crippen LogP contribution in [0, 0.1) is 6.92 Å². The summed E-state index contributed by atoms with van der Waals surface area (Å²) in [4.78, 5) is 22.7. The minimum atomic E-state index is -0.805. The highest BCUT2D eigenvalue weighted by atomic mass is 16.5. The average Bonchev–Trinajstić information content (AvgIpc) is 2.69. The average molecular weight is 255 g/mol. The van der Waals surface area contributed by atoms with Crippen LogP contribution in [0.15, 0.2) is 10.5 Å². The maximum Gasteiger partial charge on any atom is 0.341 e. The van der Waals surface area contributed by atoms with Gasteiger partial charge in [0.1, 0.15) is 23.1 Å². The van der Waals surface area contributed by atoms with Crippen LogP contribution >= 0.6 is 0 Å². The van der Waals surface area contributed by atoms with E-state index in [2.05, 4.69) is 4.74 Å². The molecule has 0 amide bonds. The van der Waals surface area contributed by atoms with Gasteiger partial charge in [0.25, 0.3) is 0 Å². The third-order valence-corrected chi connectivity index (χ3v) is 2.38. The highest BCUT2D eigenvalue weighted by Crippen LogP contribution is 2.17. The standard InChI is InChI=1S/C12H17NO5/c1-4-17-12(15)10(13)6-8-5-9(7(2)18-8)11(14)16-3/h5,10H,4,6,13H2,1-3H3. The van der Waals surface area contributed by atoms with Gasteiger partial charge < -0.3 is 19.6 Å². The van der Waals surface area contributed by atoms with Crippen molar-refractivity contribution in [1.82, 2.24) is 0 Å². The molecule has 0 radical (unpaired) electrons. The normalized spacial score (nSPS) is 12.0. The number of aryl methyl sites for hydroxylation is 1. The van der Waals surface area contributed by atoms with Crippen molar-refractivity contribution in [3.63, 3.8) is 0 Å². The highest BCUT2D eigenvalue weighted by Gasteiger charge is 2.20. The van der Waals surface area contributed by atoms with Crippen molar-refractivity contribution < 1.29 is 23.5 Å². The highest BCUT2D eigenvalue weighted by molar-refractivity contribution is 5.90. The molecule has 1 aromatic heterocycles. The van der Waals surface area contributed by atoms with Gasteiger partial charge in [0.05, 0.1) is 13.7 Å². The van der Waals surface area contributed by atoms with Gasteiger partial charge >= 0.3 is 11.9 Å². The summed E-state index contributed by atoms with van der Waals surface area (Å²) in [5.74, 6) is -0.0836. The summed E-state index contributed by atoms with van der Waals surface area (Å²) in [5.41, 5.74) is 5.99. The Morgan fingerprint density at radius 3 is 2.72 bits per heavy atom. The Bertz CT molecular complexity index is 438. The summed E-state index contributed by atoms with van der Waals surface area (Å²) in [6.07, 6.45) is 0.177. The van der Waals surface area contributed by atoms with Crippen LogP contribution in [0.4, 0.5) is 0 Å². The number of methoxy groups -OCH3 is 1. The second-order valence-corrected chi connectivity index (χ2v) is 3.74. The number of hydrogen-bond acceptors (Lipinski definition) is 6. The fourth-order valence-electron chi connectivity index (χ4n) is 1.51. The van der Waals surface area contributed by atoms with E-state index in [0.29, 0.717) is 17.1 Å². The van der Waals surface area contributed by atoms with Crippen molar-refractivity contribution in [3.8, 4) is 0 Å². The van der Waals surface area contributed by atoms with Gasteiger partial charge in [-0.2, -0.15) is 0 Å². The van der Waals surface area contributed by atoms with Crippen molar-refractivity contribution in [2.24, 2.45) is 5.73 Å². The summed E-state index contributed by atoms with van der Waals surface area (Å²) in [6, 6.07) is 0.723. The number of furan rings is 1. The Balaban J connectivity index is 2.74. The van der Waals surface area contributed by atoms with Crippen LogP contribution in [-0.4, -0.2) is 31.7 Å². The summed E-state index contributed by atoms with van der Waals surface area (Å²) in [5, 5.41) is 0. The molecule has 1 unspecified atom stereocenters. The summed E-state index contributed by atoms with van der Waals surface area (Å²) in [7, 11) is 1.29. The van der Waals surface area contributed by atoms with Crippen LogP contribution in [-0.2, 0) is 20.7 Å². The van der Waals surface area contributed by atoms with Crippen molar-refractivity contribution in [2.45, 2.75) is 26.3 Å². The molecule has 2 N–H and O–H groups in total. The second-order valence-electron chi connectivity index (χ2n) is 3.74. The maximum atomic E-state index is 11.4. The van der Waals surface area contributed by atoms with E-state index in [1.165, 1.54) is 13.2 Å². The Labute approximate surface area is 105 Å². The fourth-order valence-corrected chi connectivity index (χ4v) is 1.51. The monoisotopic (exact) mass is 255 g/mol. The van der Waals surface area contributed by atoms with Gasteiger partial charge in [0.15, 0.2) is 0 Å². The van der Waals surface area contributed by atoms with Crippen LogP contribution in [0.1, 0.15) is 28.8 Å². The van der Waals surface area contributed by atoms with Crippen LogP contribution in [0.5, 0.6) is 0 Å². The van der Waals surface area contributed by atoms with E-state index >= 15 is 0 Å². The van der Waals surface area contributed by atoms with Crippen LogP contribution in [0.2, 0.25) is 0 Å². The Kier molecular flexibility index (Phi) is 4.91. The smallest absolute Gasteiger partial charge is 0.341 e. The second kappa shape index (κ2) is 6.20. The molecule has 100 valence electrons. The molecule has 18 heavy (non-hydrogen) atoms. The lowest BCUT2D eigenvalue weighted by Crippen LogP contribution is -2.34. The molecule has 1 aromatic rings. The van der Waals surface area contributed by atoms with Gasteiger partial charge in [0.2, 0.25) is 0 Å². The van der Waals surface area contributed by atoms with Gasteiger partial charge in [0, 0.05) is 6.42 Å².